The van der Waals surface area contributed by atoms with Crippen LogP contribution in [0.3, 0.4) is 0 Å². The van der Waals surface area contributed by atoms with Gasteiger partial charge in [0.2, 0.25) is 5.91 Å². The molecule has 1 atom stereocenters. The summed E-state index contributed by atoms with van der Waals surface area (Å²) in [6.07, 6.45) is -0.631. The maximum absolute atomic E-state index is 12.6. The molecule has 3 N–H and O–H groups in total. The molecule has 0 fully saturated rings. The summed E-state index contributed by atoms with van der Waals surface area (Å²) in [5, 5.41) is 16.6. The lowest BCUT2D eigenvalue weighted by atomic mass is 9.99. The lowest BCUT2D eigenvalue weighted by molar-refractivity contribution is -0.142. The number of nitrogens with one attached hydrogen (secondary N) is 2. The number of hydrogen-bond donors (Lipinski definition) is 3. The lowest BCUT2D eigenvalue weighted by Gasteiger charge is -2.29. The summed E-state index contributed by atoms with van der Waals surface area (Å²) in [6, 6.07) is 12.3. The van der Waals surface area contributed by atoms with E-state index >= 15 is 0 Å². The van der Waals surface area contributed by atoms with E-state index in [0.29, 0.717) is 0 Å². The van der Waals surface area contributed by atoms with Crippen molar-refractivity contribution in [3.8, 4) is 0 Å². The minimum atomic E-state index is -1.35. The van der Waals surface area contributed by atoms with Crippen molar-refractivity contribution in [2.45, 2.75) is 58.2 Å². The van der Waals surface area contributed by atoms with Crippen molar-refractivity contribution in [1.82, 2.24) is 10.6 Å². The average Bonchev–Trinajstić information content (AvgIpc) is 2.58. The van der Waals surface area contributed by atoms with Crippen LogP contribution in [0.1, 0.15) is 40.2 Å². The van der Waals surface area contributed by atoms with Crippen molar-refractivity contribution >= 4 is 28.7 Å². The van der Waals surface area contributed by atoms with E-state index in [1.165, 1.54) is 13.8 Å². The fraction of sp³-hybridized carbons (Fsp3) is 0.409. The molecule has 0 aliphatic rings. The second-order valence-corrected chi connectivity index (χ2v) is 8.50. The molecule has 2 aromatic carbocycles. The fourth-order valence-electron chi connectivity index (χ4n) is 2.76. The summed E-state index contributed by atoms with van der Waals surface area (Å²) in [5.41, 5.74) is -1.27. The molecule has 156 valence electrons. The minimum absolute atomic E-state index is 0.119. The van der Waals surface area contributed by atoms with Gasteiger partial charge in [0, 0.05) is 6.42 Å². The van der Waals surface area contributed by atoms with Gasteiger partial charge < -0.3 is 20.5 Å². The van der Waals surface area contributed by atoms with Crippen molar-refractivity contribution in [3.05, 3.63) is 48.0 Å². The largest absolute Gasteiger partial charge is 0.480 e. The van der Waals surface area contributed by atoms with Crippen LogP contribution in [0.5, 0.6) is 0 Å². The van der Waals surface area contributed by atoms with Gasteiger partial charge in [0.1, 0.15) is 17.2 Å². The van der Waals surface area contributed by atoms with Crippen LogP contribution in [0.2, 0.25) is 0 Å². The number of carboxylic acid groups (broad SMARTS) is 1. The quantitative estimate of drug-likeness (QED) is 0.690. The number of aliphatic carboxylic acids is 1. The summed E-state index contributed by atoms with van der Waals surface area (Å²) < 4.78 is 5.17. The van der Waals surface area contributed by atoms with Crippen LogP contribution < -0.4 is 10.6 Å². The Morgan fingerprint density at radius 3 is 2.21 bits per heavy atom. The van der Waals surface area contributed by atoms with Crippen molar-refractivity contribution < 1.29 is 24.2 Å². The highest BCUT2D eigenvalue weighted by molar-refractivity contribution is 5.92. The van der Waals surface area contributed by atoms with Gasteiger partial charge in [-0.1, -0.05) is 42.5 Å². The third-order valence-corrected chi connectivity index (χ3v) is 4.24. The first kappa shape index (κ1) is 22.2. The number of alkyl carbamates (subject to hydrolysis) is 1. The molecular weight excluding hydrogens is 372 g/mol. The van der Waals surface area contributed by atoms with E-state index in [-0.39, 0.29) is 6.42 Å². The standard InChI is InChI=1S/C22H28N2O5/c1-21(2,3)29-20(28)24-22(4,5)19(27)23-17(18(25)26)13-14-10-11-15-8-6-7-9-16(15)12-14/h6-12,17H,13H2,1-5H3,(H,23,27)(H,24,28)(H,25,26)/t17-/m1/s1. The average molecular weight is 400 g/mol. The maximum atomic E-state index is 12.6. The van der Waals surface area contributed by atoms with Gasteiger partial charge in [-0.25, -0.2) is 9.59 Å². The zero-order valence-electron chi connectivity index (χ0n) is 17.4. The third-order valence-electron chi connectivity index (χ3n) is 4.24. The van der Waals surface area contributed by atoms with E-state index < -0.39 is 35.2 Å². The number of ether oxygens (including phenoxy) is 1. The zero-order valence-corrected chi connectivity index (χ0v) is 17.4. The number of amides is 2. The molecule has 0 spiro atoms. The molecule has 0 heterocycles. The molecule has 0 radical (unpaired) electrons. The molecule has 0 aliphatic heterocycles. The summed E-state index contributed by atoms with van der Waals surface area (Å²) in [7, 11) is 0. The van der Waals surface area contributed by atoms with Gasteiger partial charge in [0.05, 0.1) is 0 Å². The van der Waals surface area contributed by atoms with Gasteiger partial charge in [0.15, 0.2) is 0 Å². The molecule has 0 bridgehead atoms. The normalized spacial score (nSPS) is 12.9. The highest BCUT2D eigenvalue weighted by Gasteiger charge is 2.34. The summed E-state index contributed by atoms with van der Waals surface area (Å²) >= 11 is 0. The number of fused-ring (bicyclic) bond motifs is 1. The van der Waals surface area contributed by atoms with Crippen LogP contribution in [0.4, 0.5) is 4.79 Å². The third kappa shape index (κ3) is 6.48. The summed E-state index contributed by atoms with van der Waals surface area (Å²) in [6.45, 7) is 8.11. The fourth-order valence-corrected chi connectivity index (χ4v) is 2.76. The van der Waals surface area contributed by atoms with E-state index in [1.807, 2.05) is 42.5 Å². The van der Waals surface area contributed by atoms with E-state index in [9.17, 15) is 19.5 Å². The number of carbonyl (C=O) groups is 3. The molecule has 0 unspecified atom stereocenters. The first-order chi connectivity index (χ1) is 13.4. The van der Waals surface area contributed by atoms with E-state index in [0.717, 1.165) is 16.3 Å². The highest BCUT2D eigenvalue weighted by Crippen LogP contribution is 2.17. The molecule has 7 nitrogen and oxygen atoms in total. The zero-order chi connectivity index (χ0) is 21.8. The molecule has 0 aliphatic carbocycles. The number of benzene rings is 2. The van der Waals surface area contributed by atoms with Crippen molar-refractivity contribution in [1.29, 1.82) is 0 Å². The summed E-state index contributed by atoms with van der Waals surface area (Å²) in [4.78, 5) is 36.3. The highest BCUT2D eigenvalue weighted by atomic mass is 16.6. The van der Waals surface area contributed by atoms with E-state index in [4.69, 9.17) is 4.74 Å². The second kappa shape index (κ2) is 8.51. The Hall–Kier alpha value is -3.09. The second-order valence-electron chi connectivity index (χ2n) is 8.50. The maximum Gasteiger partial charge on any atom is 0.408 e. The molecular formula is C22H28N2O5. The monoisotopic (exact) mass is 400 g/mol. The number of rotatable bonds is 6. The van der Waals surface area contributed by atoms with Crippen molar-refractivity contribution in [2.24, 2.45) is 0 Å². The number of carbonyl (C=O) groups excluding carboxylic acids is 2. The van der Waals surface area contributed by atoms with Crippen LogP contribution in [-0.2, 0) is 20.7 Å². The molecule has 29 heavy (non-hydrogen) atoms. The molecule has 2 aromatic rings. The van der Waals surface area contributed by atoms with E-state index in [2.05, 4.69) is 10.6 Å². The summed E-state index contributed by atoms with van der Waals surface area (Å²) in [5.74, 6) is -1.77. The van der Waals surface area contributed by atoms with Crippen LogP contribution in [0, 0.1) is 0 Å². The number of hydrogen-bond acceptors (Lipinski definition) is 4. The Kier molecular flexibility index (Phi) is 6.51. The number of carboxylic acids is 1. The van der Waals surface area contributed by atoms with E-state index in [1.54, 1.807) is 20.8 Å². The van der Waals surface area contributed by atoms with Crippen LogP contribution in [-0.4, -0.2) is 40.3 Å². The lowest BCUT2D eigenvalue weighted by Crippen LogP contribution is -2.58. The molecule has 2 amide bonds. The topological polar surface area (TPSA) is 105 Å². The van der Waals surface area contributed by atoms with Gasteiger partial charge in [0.25, 0.3) is 0 Å². The Balaban J connectivity index is 2.09. The molecule has 0 saturated heterocycles. The van der Waals surface area contributed by atoms with Crippen molar-refractivity contribution in [3.63, 3.8) is 0 Å². The Morgan fingerprint density at radius 1 is 1.00 bits per heavy atom. The van der Waals surface area contributed by atoms with Gasteiger partial charge >= 0.3 is 12.1 Å². The van der Waals surface area contributed by atoms with Crippen LogP contribution in [0.25, 0.3) is 10.8 Å². The van der Waals surface area contributed by atoms with Gasteiger partial charge in [-0.15, -0.1) is 0 Å². The predicted octanol–water partition coefficient (Wildman–Crippen LogP) is 3.26. The Labute approximate surface area is 170 Å². The van der Waals surface area contributed by atoms with Crippen molar-refractivity contribution in [2.75, 3.05) is 0 Å². The molecule has 0 saturated carbocycles. The molecule has 0 aromatic heterocycles. The van der Waals surface area contributed by atoms with Gasteiger partial charge in [-0.3, -0.25) is 4.79 Å². The minimum Gasteiger partial charge on any atom is -0.480 e. The SMILES string of the molecule is CC(C)(C)OC(=O)NC(C)(C)C(=O)N[C@H](Cc1ccc2ccccc2c1)C(=O)O. The first-order valence-corrected chi connectivity index (χ1v) is 9.40. The predicted molar refractivity (Wildman–Crippen MR) is 111 cm³/mol. The first-order valence-electron chi connectivity index (χ1n) is 9.40. The molecule has 2 rings (SSSR count). The molecule has 7 heteroatoms. The Morgan fingerprint density at radius 2 is 1.62 bits per heavy atom. The van der Waals surface area contributed by atoms with Crippen LogP contribution in [0.15, 0.2) is 42.5 Å². The van der Waals surface area contributed by atoms with Gasteiger partial charge in [-0.05, 0) is 51.0 Å². The van der Waals surface area contributed by atoms with Crippen LogP contribution >= 0.6 is 0 Å². The smallest absolute Gasteiger partial charge is 0.408 e. The van der Waals surface area contributed by atoms with Gasteiger partial charge in [-0.2, -0.15) is 0 Å². The Bertz CT molecular complexity index is 915.